The number of carbonyl (C=O) groups is 2. The Bertz CT molecular complexity index is 1490. The van der Waals surface area contributed by atoms with E-state index in [-0.39, 0.29) is 50.9 Å². The fourth-order valence-electron chi connectivity index (χ4n) is 4.13. The SMILES string of the molecule is CCOC(=O)c1ccc(NC(=O)c2ccc3c(c2)N(S(=O)(=O)c2cc(Cl)ccc2OC)CC3C)cc1Cl. The molecule has 0 aromatic heterocycles. The molecule has 0 bridgehead atoms. The summed E-state index contributed by atoms with van der Waals surface area (Å²) in [6, 6.07) is 13.8. The monoisotopic (exact) mass is 562 g/mol. The van der Waals surface area contributed by atoms with Crippen molar-refractivity contribution in [3.05, 3.63) is 81.3 Å². The highest BCUT2D eigenvalue weighted by Crippen LogP contribution is 2.42. The van der Waals surface area contributed by atoms with Gasteiger partial charge in [0.05, 0.1) is 30.0 Å². The molecule has 1 aliphatic rings. The van der Waals surface area contributed by atoms with Crippen molar-refractivity contribution in [2.75, 3.05) is 29.9 Å². The number of hydrogen-bond acceptors (Lipinski definition) is 6. The van der Waals surface area contributed by atoms with Gasteiger partial charge in [0.15, 0.2) is 0 Å². The van der Waals surface area contributed by atoms with Crippen molar-refractivity contribution in [3.63, 3.8) is 0 Å². The van der Waals surface area contributed by atoms with Gasteiger partial charge in [-0.15, -0.1) is 0 Å². The van der Waals surface area contributed by atoms with Crippen LogP contribution in [0.15, 0.2) is 59.5 Å². The van der Waals surface area contributed by atoms with E-state index in [1.807, 2.05) is 6.92 Å². The first-order valence-electron chi connectivity index (χ1n) is 11.3. The molecule has 8 nitrogen and oxygen atoms in total. The highest BCUT2D eigenvalue weighted by molar-refractivity contribution is 7.93. The lowest BCUT2D eigenvalue weighted by Gasteiger charge is -2.22. The predicted molar refractivity (Wildman–Crippen MR) is 143 cm³/mol. The minimum absolute atomic E-state index is 0.0614. The second kappa shape index (κ2) is 10.6. The quantitative estimate of drug-likeness (QED) is 0.368. The number of sulfonamides is 1. The molecular weight excluding hydrogens is 539 g/mol. The zero-order chi connectivity index (χ0) is 26.9. The van der Waals surface area contributed by atoms with Gasteiger partial charge < -0.3 is 14.8 Å². The Morgan fingerprint density at radius 1 is 1.08 bits per heavy atom. The van der Waals surface area contributed by atoms with Gasteiger partial charge in [-0.2, -0.15) is 0 Å². The summed E-state index contributed by atoms with van der Waals surface area (Å²) in [7, 11) is -2.66. The number of halogens is 2. The molecule has 1 unspecified atom stereocenters. The maximum absolute atomic E-state index is 13.7. The number of ether oxygens (including phenoxy) is 2. The third-order valence-electron chi connectivity index (χ3n) is 5.95. The topological polar surface area (TPSA) is 102 Å². The summed E-state index contributed by atoms with van der Waals surface area (Å²) in [5, 5.41) is 3.12. The number of nitrogens with zero attached hydrogens (tertiary/aromatic N) is 1. The molecule has 1 atom stereocenters. The molecule has 4 rings (SSSR count). The number of rotatable bonds is 7. The van der Waals surface area contributed by atoms with Gasteiger partial charge in [0.2, 0.25) is 0 Å². The number of benzene rings is 3. The summed E-state index contributed by atoms with van der Waals surface area (Å²) in [6.45, 7) is 4.01. The molecule has 1 aliphatic heterocycles. The number of nitrogens with one attached hydrogen (secondary N) is 1. The van der Waals surface area contributed by atoms with Gasteiger partial charge in [0.25, 0.3) is 15.9 Å². The fourth-order valence-corrected chi connectivity index (χ4v) is 6.38. The van der Waals surface area contributed by atoms with E-state index in [0.717, 1.165) is 5.56 Å². The van der Waals surface area contributed by atoms with Crippen LogP contribution in [0.25, 0.3) is 0 Å². The second-order valence-corrected chi connectivity index (χ2v) is 11.0. The molecule has 11 heteroatoms. The standard InChI is InChI=1S/C26H24Cl2N2O6S/c1-4-36-26(32)20-9-7-18(13-21(20)28)29-25(31)16-5-8-19-15(2)14-30(22(19)11-16)37(33,34)24-12-17(27)6-10-23(24)35-3/h5-13,15H,4,14H2,1-3H3,(H,29,31). The van der Waals surface area contributed by atoms with E-state index in [1.165, 1.54) is 47.8 Å². The van der Waals surface area contributed by atoms with Crippen LogP contribution in [0.3, 0.4) is 0 Å². The Kier molecular flexibility index (Phi) is 7.68. The van der Waals surface area contributed by atoms with Crippen molar-refractivity contribution in [1.82, 2.24) is 0 Å². The van der Waals surface area contributed by atoms with Crippen LogP contribution in [-0.4, -0.2) is 40.6 Å². The zero-order valence-electron chi connectivity index (χ0n) is 20.2. The van der Waals surface area contributed by atoms with Gasteiger partial charge in [0.1, 0.15) is 10.6 Å². The smallest absolute Gasteiger partial charge is 0.339 e. The van der Waals surface area contributed by atoms with Crippen LogP contribution in [0.1, 0.15) is 46.0 Å². The average Bonchev–Trinajstić information content (AvgIpc) is 3.20. The zero-order valence-corrected chi connectivity index (χ0v) is 22.6. The lowest BCUT2D eigenvalue weighted by molar-refractivity contribution is 0.0526. The molecule has 37 heavy (non-hydrogen) atoms. The molecule has 0 aliphatic carbocycles. The molecule has 1 N–H and O–H groups in total. The van der Waals surface area contributed by atoms with E-state index < -0.39 is 21.9 Å². The van der Waals surface area contributed by atoms with Crippen molar-refractivity contribution in [2.45, 2.75) is 24.7 Å². The van der Waals surface area contributed by atoms with Crippen LogP contribution < -0.4 is 14.4 Å². The van der Waals surface area contributed by atoms with Crippen LogP contribution in [-0.2, 0) is 14.8 Å². The summed E-state index contributed by atoms with van der Waals surface area (Å²) in [5.41, 5.74) is 1.99. The summed E-state index contributed by atoms with van der Waals surface area (Å²) in [5.74, 6) is -0.959. The van der Waals surface area contributed by atoms with Gasteiger partial charge in [-0.05, 0) is 61.0 Å². The summed E-state index contributed by atoms with van der Waals surface area (Å²) >= 11 is 12.3. The molecule has 3 aromatic carbocycles. The van der Waals surface area contributed by atoms with Crippen molar-refractivity contribution in [3.8, 4) is 5.75 Å². The Morgan fingerprint density at radius 2 is 1.84 bits per heavy atom. The van der Waals surface area contributed by atoms with Crippen molar-refractivity contribution >= 4 is 56.5 Å². The highest BCUT2D eigenvalue weighted by Gasteiger charge is 2.37. The van der Waals surface area contributed by atoms with E-state index in [4.69, 9.17) is 32.7 Å². The highest BCUT2D eigenvalue weighted by atomic mass is 35.5. The number of amides is 1. The third kappa shape index (κ3) is 5.25. The molecular formula is C26H24Cl2N2O6S. The normalized spacial score (nSPS) is 14.7. The van der Waals surface area contributed by atoms with Crippen molar-refractivity contribution in [1.29, 1.82) is 0 Å². The number of anilines is 2. The second-order valence-electron chi connectivity index (χ2n) is 8.38. The first kappa shape index (κ1) is 26.8. The van der Waals surface area contributed by atoms with Crippen LogP contribution >= 0.6 is 23.2 Å². The molecule has 194 valence electrons. The first-order valence-corrected chi connectivity index (χ1v) is 13.5. The summed E-state index contributed by atoms with van der Waals surface area (Å²) < 4.78 is 38.8. The molecule has 3 aromatic rings. The molecule has 0 fully saturated rings. The fraction of sp³-hybridized carbons (Fsp3) is 0.231. The summed E-state index contributed by atoms with van der Waals surface area (Å²) in [4.78, 5) is 25.0. The number of hydrogen-bond donors (Lipinski definition) is 1. The van der Waals surface area contributed by atoms with Crippen LogP contribution in [0, 0.1) is 0 Å². The third-order valence-corrected chi connectivity index (χ3v) is 8.30. The van der Waals surface area contributed by atoms with Gasteiger partial charge in [0, 0.05) is 28.7 Å². The van der Waals surface area contributed by atoms with E-state index in [1.54, 1.807) is 25.1 Å². The van der Waals surface area contributed by atoms with Gasteiger partial charge in [-0.25, -0.2) is 13.2 Å². The van der Waals surface area contributed by atoms with Crippen molar-refractivity contribution < 1.29 is 27.5 Å². The molecule has 0 saturated heterocycles. The Labute approximate surface area is 225 Å². The minimum Gasteiger partial charge on any atom is -0.495 e. The van der Waals surface area contributed by atoms with Crippen LogP contribution in [0.5, 0.6) is 5.75 Å². The number of fused-ring (bicyclic) bond motifs is 1. The van der Waals surface area contributed by atoms with Gasteiger partial charge >= 0.3 is 5.97 Å². The minimum atomic E-state index is -4.04. The van der Waals surface area contributed by atoms with E-state index >= 15 is 0 Å². The molecule has 0 saturated carbocycles. The molecule has 1 heterocycles. The summed E-state index contributed by atoms with van der Waals surface area (Å²) in [6.07, 6.45) is 0. The largest absolute Gasteiger partial charge is 0.495 e. The average molecular weight is 563 g/mol. The van der Waals surface area contributed by atoms with E-state index in [0.29, 0.717) is 11.4 Å². The van der Waals surface area contributed by atoms with Crippen LogP contribution in [0.2, 0.25) is 10.0 Å². The van der Waals surface area contributed by atoms with Gasteiger partial charge in [-0.3, -0.25) is 9.10 Å². The molecule has 0 radical (unpaired) electrons. The maximum Gasteiger partial charge on any atom is 0.339 e. The Hall–Kier alpha value is -3.27. The maximum atomic E-state index is 13.7. The lowest BCUT2D eigenvalue weighted by Crippen LogP contribution is -2.30. The van der Waals surface area contributed by atoms with Crippen LogP contribution in [0.4, 0.5) is 11.4 Å². The van der Waals surface area contributed by atoms with E-state index in [2.05, 4.69) is 5.32 Å². The number of esters is 1. The Morgan fingerprint density at radius 3 is 2.51 bits per heavy atom. The predicted octanol–water partition coefficient (Wildman–Crippen LogP) is 5.74. The molecule has 1 amide bonds. The molecule has 0 spiro atoms. The first-order chi connectivity index (χ1) is 17.6. The number of carbonyl (C=O) groups excluding carboxylic acids is 2. The van der Waals surface area contributed by atoms with E-state index in [9.17, 15) is 18.0 Å². The Balaban J connectivity index is 1.64. The van der Waals surface area contributed by atoms with Crippen molar-refractivity contribution in [2.24, 2.45) is 0 Å². The van der Waals surface area contributed by atoms with Gasteiger partial charge in [-0.1, -0.05) is 36.2 Å². The number of methoxy groups -OCH3 is 1. The lowest BCUT2D eigenvalue weighted by atomic mass is 10.0.